The lowest BCUT2D eigenvalue weighted by molar-refractivity contribution is -0.114. The predicted octanol–water partition coefficient (Wildman–Crippen LogP) is 1.50. The quantitative estimate of drug-likeness (QED) is 0.846. The van der Waals surface area contributed by atoms with E-state index in [4.69, 9.17) is 0 Å². The Hall–Kier alpha value is -2.15. The zero-order valence-corrected chi connectivity index (χ0v) is 15.2. The summed E-state index contributed by atoms with van der Waals surface area (Å²) in [5.74, 6) is 1.61. The lowest BCUT2D eigenvalue weighted by atomic mass is 10.1. The fraction of sp³-hybridized carbons (Fsp3) is 0.611. The molecular formula is C18H27N5O2. The Balaban J connectivity index is 1.59. The third-order valence-electron chi connectivity index (χ3n) is 4.70. The average Bonchev–Trinajstić information content (AvgIpc) is 2.99. The number of nitrogens with one attached hydrogen (secondary N) is 2. The molecule has 0 radical (unpaired) electrons. The molecule has 7 heteroatoms. The van der Waals surface area contributed by atoms with Crippen LogP contribution in [0.3, 0.4) is 0 Å². The first-order valence-electron chi connectivity index (χ1n) is 8.94. The van der Waals surface area contributed by atoms with Crippen LogP contribution in [0.4, 0.5) is 11.5 Å². The van der Waals surface area contributed by atoms with Gasteiger partial charge in [-0.1, -0.05) is 13.8 Å². The molecule has 2 N–H and O–H groups in total. The van der Waals surface area contributed by atoms with E-state index in [9.17, 15) is 9.59 Å². The van der Waals surface area contributed by atoms with Crippen LogP contribution in [0.15, 0.2) is 12.3 Å². The molecule has 7 nitrogen and oxygen atoms in total. The van der Waals surface area contributed by atoms with Gasteiger partial charge in [0.05, 0.1) is 17.8 Å². The predicted molar refractivity (Wildman–Crippen MR) is 97.7 cm³/mol. The van der Waals surface area contributed by atoms with Crippen molar-refractivity contribution >= 4 is 23.3 Å². The molecule has 1 unspecified atom stereocenters. The minimum atomic E-state index is -0.122. The molecule has 3 rings (SSSR count). The van der Waals surface area contributed by atoms with Gasteiger partial charge in [0.25, 0.3) is 5.91 Å². The second kappa shape index (κ2) is 7.39. The van der Waals surface area contributed by atoms with Crippen molar-refractivity contribution in [3.8, 4) is 0 Å². The van der Waals surface area contributed by atoms with Gasteiger partial charge in [0.2, 0.25) is 5.91 Å². The Labute approximate surface area is 148 Å². The Kier molecular flexibility index (Phi) is 5.22. The van der Waals surface area contributed by atoms with Gasteiger partial charge in [-0.2, -0.15) is 0 Å². The summed E-state index contributed by atoms with van der Waals surface area (Å²) in [5.41, 5.74) is 1.07. The number of fused-ring (bicyclic) bond motifs is 1. The number of hydrogen-bond donors (Lipinski definition) is 2. The van der Waals surface area contributed by atoms with E-state index in [0.29, 0.717) is 28.9 Å². The zero-order valence-electron chi connectivity index (χ0n) is 15.2. The molecule has 136 valence electrons. The van der Waals surface area contributed by atoms with Gasteiger partial charge in [-0.15, -0.1) is 0 Å². The highest BCUT2D eigenvalue weighted by Crippen LogP contribution is 2.24. The second-order valence-electron chi connectivity index (χ2n) is 7.52. The number of carbonyl (C=O) groups is 2. The Morgan fingerprint density at radius 3 is 3.04 bits per heavy atom. The first-order chi connectivity index (χ1) is 11.9. The minimum Gasteiger partial charge on any atom is -0.359 e. The molecule has 2 amide bonds. The van der Waals surface area contributed by atoms with Crippen LogP contribution in [-0.2, 0) is 4.79 Å². The monoisotopic (exact) mass is 345 g/mol. The molecule has 1 saturated heterocycles. The van der Waals surface area contributed by atoms with Gasteiger partial charge < -0.3 is 20.4 Å². The number of pyridine rings is 1. The van der Waals surface area contributed by atoms with Crippen molar-refractivity contribution < 1.29 is 9.59 Å². The number of rotatable bonds is 5. The van der Waals surface area contributed by atoms with Gasteiger partial charge in [0.15, 0.2) is 0 Å². The van der Waals surface area contributed by atoms with Crippen molar-refractivity contribution in [3.63, 3.8) is 0 Å². The maximum atomic E-state index is 12.7. The summed E-state index contributed by atoms with van der Waals surface area (Å²) in [6, 6.07) is 1.70. The molecule has 1 atom stereocenters. The van der Waals surface area contributed by atoms with Crippen molar-refractivity contribution in [1.82, 2.24) is 14.8 Å². The molecule has 2 aliphatic rings. The van der Waals surface area contributed by atoms with Crippen molar-refractivity contribution in [2.24, 2.45) is 11.8 Å². The third kappa shape index (κ3) is 4.28. The normalized spacial score (nSPS) is 20.2. The van der Waals surface area contributed by atoms with Gasteiger partial charge in [0.1, 0.15) is 5.82 Å². The van der Waals surface area contributed by atoms with Gasteiger partial charge in [-0.25, -0.2) is 4.98 Å². The average molecular weight is 345 g/mol. The van der Waals surface area contributed by atoms with Crippen molar-refractivity contribution in [2.75, 3.05) is 50.4 Å². The maximum absolute atomic E-state index is 12.7. The number of hydrogen-bond acceptors (Lipinski definition) is 5. The van der Waals surface area contributed by atoms with E-state index < -0.39 is 0 Å². The smallest absolute Gasteiger partial charge is 0.255 e. The SMILES string of the molecule is CC(C)CN1CCC(CN(C)C(=O)c2cnc3c(c2)NC(=O)CN3)C1. The van der Waals surface area contributed by atoms with E-state index in [2.05, 4.69) is 34.4 Å². The lowest BCUT2D eigenvalue weighted by Crippen LogP contribution is -2.34. The van der Waals surface area contributed by atoms with Crippen LogP contribution in [0.2, 0.25) is 0 Å². The summed E-state index contributed by atoms with van der Waals surface area (Å²) < 4.78 is 0. The summed E-state index contributed by atoms with van der Waals surface area (Å²) in [7, 11) is 1.84. The topological polar surface area (TPSA) is 77.6 Å². The van der Waals surface area contributed by atoms with E-state index in [1.54, 1.807) is 17.2 Å². The van der Waals surface area contributed by atoms with Crippen LogP contribution in [0.1, 0.15) is 30.6 Å². The molecule has 1 aromatic heterocycles. The minimum absolute atomic E-state index is 0.0579. The lowest BCUT2D eigenvalue weighted by Gasteiger charge is -2.23. The summed E-state index contributed by atoms with van der Waals surface area (Å²) in [5, 5.41) is 5.68. The van der Waals surface area contributed by atoms with Crippen LogP contribution < -0.4 is 10.6 Å². The molecule has 3 heterocycles. The Morgan fingerprint density at radius 1 is 1.48 bits per heavy atom. The number of likely N-dealkylation sites (tertiary alicyclic amines) is 1. The molecule has 0 aliphatic carbocycles. The maximum Gasteiger partial charge on any atom is 0.255 e. The van der Waals surface area contributed by atoms with Crippen LogP contribution in [-0.4, -0.2) is 66.4 Å². The molecule has 2 aliphatic heterocycles. The molecule has 0 spiro atoms. The second-order valence-corrected chi connectivity index (χ2v) is 7.52. The largest absolute Gasteiger partial charge is 0.359 e. The molecular weight excluding hydrogens is 318 g/mol. The van der Waals surface area contributed by atoms with E-state index >= 15 is 0 Å². The van der Waals surface area contributed by atoms with Crippen LogP contribution in [0, 0.1) is 11.8 Å². The molecule has 1 fully saturated rings. The Bertz CT molecular complexity index is 661. The third-order valence-corrected chi connectivity index (χ3v) is 4.70. The molecule has 0 aromatic carbocycles. The highest BCUT2D eigenvalue weighted by molar-refractivity contribution is 6.02. The molecule has 25 heavy (non-hydrogen) atoms. The van der Waals surface area contributed by atoms with Crippen molar-refractivity contribution in [2.45, 2.75) is 20.3 Å². The van der Waals surface area contributed by atoms with Crippen LogP contribution in [0.25, 0.3) is 0 Å². The Morgan fingerprint density at radius 2 is 2.28 bits per heavy atom. The first-order valence-corrected chi connectivity index (χ1v) is 8.94. The summed E-state index contributed by atoms with van der Waals surface area (Å²) in [6.07, 6.45) is 2.70. The van der Waals surface area contributed by atoms with E-state index in [1.807, 2.05) is 7.05 Å². The first kappa shape index (κ1) is 17.7. The van der Waals surface area contributed by atoms with Gasteiger partial charge in [-0.05, 0) is 30.9 Å². The zero-order chi connectivity index (χ0) is 18.0. The number of nitrogens with zero attached hydrogens (tertiary/aromatic N) is 3. The summed E-state index contributed by atoms with van der Waals surface area (Å²) >= 11 is 0. The molecule has 1 aromatic rings. The number of amides is 2. The fourth-order valence-electron chi connectivity index (χ4n) is 3.61. The number of anilines is 2. The van der Waals surface area contributed by atoms with Crippen molar-refractivity contribution in [3.05, 3.63) is 17.8 Å². The fourth-order valence-corrected chi connectivity index (χ4v) is 3.61. The number of carbonyl (C=O) groups excluding carboxylic acids is 2. The van der Waals surface area contributed by atoms with E-state index in [-0.39, 0.29) is 18.4 Å². The van der Waals surface area contributed by atoms with E-state index in [1.165, 1.54) is 0 Å². The highest BCUT2D eigenvalue weighted by atomic mass is 16.2. The van der Waals surface area contributed by atoms with Gasteiger partial charge in [0, 0.05) is 32.9 Å². The van der Waals surface area contributed by atoms with Crippen LogP contribution >= 0.6 is 0 Å². The highest BCUT2D eigenvalue weighted by Gasteiger charge is 2.26. The number of aromatic nitrogens is 1. The van der Waals surface area contributed by atoms with Crippen molar-refractivity contribution in [1.29, 1.82) is 0 Å². The van der Waals surface area contributed by atoms with E-state index in [0.717, 1.165) is 32.6 Å². The van der Waals surface area contributed by atoms with Crippen LogP contribution in [0.5, 0.6) is 0 Å². The molecule has 0 saturated carbocycles. The summed E-state index contributed by atoms with van der Waals surface area (Å²) in [6.45, 7) is 8.72. The van der Waals surface area contributed by atoms with Gasteiger partial charge >= 0.3 is 0 Å². The standard InChI is InChI=1S/C18H27N5O2/c1-12(2)9-23-5-4-13(11-23)10-22(3)18(25)14-6-15-17(19-7-14)20-8-16(24)21-15/h6-7,12-13H,4-5,8-11H2,1-3H3,(H,19,20)(H,21,24). The summed E-state index contributed by atoms with van der Waals surface area (Å²) in [4.78, 5) is 32.7. The molecule has 0 bridgehead atoms. The van der Waals surface area contributed by atoms with Gasteiger partial charge in [-0.3, -0.25) is 9.59 Å².